The zero-order valence-electron chi connectivity index (χ0n) is 12.5. The maximum Gasteiger partial charge on any atom is 0.237 e. The summed E-state index contributed by atoms with van der Waals surface area (Å²) in [5.74, 6) is 1.28. The van der Waals surface area contributed by atoms with Crippen molar-refractivity contribution >= 4 is 35.0 Å². The Kier molecular flexibility index (Phi) is 4.98. The van der Waals surface area contributed by atoms with Crippen molar-refractivity contribution in [3.8, 4) is 11.5 Å². The molecule has 0 spiro atoms. The van der Waals surface area contributed by atoms with Crippen molar-refractivity contribution < 1.29 is 14.3 Å². The van der Waals surface area contributed by atoms with Crippen LogP contribution in [0.25, 0.3) is 0 Å². The molecule has 1 amide bonds. The molecule has 0 fully saturated rings. The van der Waals surface area contributed by atoms with Gasteiger partial charge in [0.2, 0.25) is 5.91 Å². The summed E-state index contributed by atoms with van der Waals surface area (Å²) in [5, 5.41) is 3.31. The molecule has 1 heterocycles. The molecular weight excluding hydrogens is 334 g/mol. The Labute approximate surface area is 144 Å². The van der Waals surface area contributed by atoms with E-state index in [-0.39, 0.29) is 11.2 Å². The topological polar surface area (TPSA) is 47.6 Å². The van der Waals surface area contributed by atoms with Crippen LogP contribution in [-0.4, -0.2) is 24.4 Å². The van der Waals surface area contributed by atoms with Crippen molar-refractivity contribution in [1.82, 2.24) is 0 Å². The fourth-order valence-electron chi connectivity index (χ4n) is 2.16. The van der Waals surface area contributed by atoms with Crippen LogP contribution < -0.4 is 14.8 Å². The van der Waals surface area contributed by atoms with E-state index in [1.165, 1.54) is 11.8 Å². The summed E-state index contributed by atoms with van der Waals surface area (Å²) in [6.07, 6.45) is 0. The first kappa shape index (κ1) is 16.0. The van der Waals surface area contributed by atoms with E-state index < -0.39 is 0 Å². The van der Waals surface area contributed by atoms with Crippen molar-refractivity contribution in [3.05, 3.63) is 47.5 Å². The number of amides is 1. The summed E-state index contributed by atoms with van der Waals surface area (Å²) in [4.78, 5) is 13.3. The number of hydrogen-bond acceptors (Lipinski definition) is 4. The zero-order chi connectivity index (χ0) is 16.2. The summed E-state index contributed by atoms with van der Waals surface area (Å²) < 4.78 is 11.0. The Bertz CT molecular complexity index is 723. The van der Waals surface area contributed by atoms with Crippen LogP contribution in [0.5, 0.6) is 11.5 Å². The summed E-state index contributed by atoms with van der Waals surface area (Å²) >= 11 is 7.43. The Morgan fingerprint density at radius 3 is 2.74 bits per heavy atom. The van der Waals surface area contributed by atoms with Gasteiger partial charge in [0.1, 0.15) is 13.2 Å². The number of anilines is 1. The monoisotopic (exact) mass is 349 g/mol. The predicted octanol–water partition coefficient (Wildman–Crippen LogP) is 4.23. The van der Waals surface area contributed by atoms with Gasteiger partial charge in [-0.3, -0.25) is 4.79 Å². The number of halogens is 1. The fraction of sp³-hybridized carbons (Fsp3) is 0.235. The first-order valence-corrected chi connectivity index (χ1v) is 8.50. The molecule has 1 aliphatic rings. The van der Waals surface area contributed by atoms with Gasteiger partial charge in [-0.15, -0.1) is 11.8 Å². The van der Waals surface area contributed by atoms with Crippen molar-refractivity contribution in [2.75, 3.05) is 18.5 Å². The van der Waals surface area contributed by atoms with Gasteiger partial charge in [0.15, 0.2) is 11.5 Å². The minimum absolute atomic E-state index is 0.0772. The minimum Gasteiger partial charge on any atom is -0.486 e. The molecule has 120 valence electrons. The second kappa shape index (κ2) is 7.15. The van der Waals surface area contributed by atoms with Gasteiger partial charge in [-0.2, -0.15) is 0 Å². The van der Waals surface area contributed by atoms with Crippen LogP contribution in [0.15, 0.2) is 47.4 Å². The van der Waals surface area contributed by atoms with Gasteiger partial charge in [0, 0.05) is 21.7 Å². The standard InChI is InChI=1S/C17H16ClNO3S/c1-11(23-14-4-2-3-12(18)9-14)17(20)19-13-5-6-15-16(10-13)22-8-7-21-15/h2-6,9-11H,7-8H2,1H3,(H,19,20). The highest BCUT2D eigenvalue weighted by molar-refractivity contribution is 8.00. The van der Waals surface area contributed by atoms with Crippen LogP contribution >= 0.6 is 23.4 Å². The second-order valence-electron chi connectivity index (χ2n) is 5.07. The van der Waals surface area contributed by atoms with E-state index >= 15 is 0 Å². The first-order valence-electron chi connectivity index (χ1n) is 7.24. The van der Waals surface area contributed by atoms with Gasteiger partial charge in [0.05, 0.1) is 5.25 Å². The number of fused-ring (bicyclic) bond motifs is 1. The fourth-order valence-corrected chi connectivity index (χ4v) is 3.34. The number of carbonyl (C=O) groups is 1. The van der Waals surface area contributed by atoms with Gasteiger partial charge in [-0.25, -0.2) is 0 Å². The number of carbonyl (C=O) groups excluding carboxylic acids is 1. The van der Waals surface area contributed by atoms with Crippen LogP contribution in [0.4, 0.5) is 5.69 Å². The van der Waals surface area contributed by atoms with E-state index in [1.54, 1.807) is 12.1 Å². The first-order chi connectivity index (χ1) is 11.1. The van der Waals surface area contributed by atoms with Gasteiger partial charge in [-0.1, -0.05) is 17.7 Å². The Hall–Kier alpha value is -1.85. The van der Waals surface area contributed by atoms with Gasteiger partial charge in [-0.05, 0) is 37.3 Å². The lowest BCUT2D eigenvalue weighted by Crippen LogP contribution is -2.22. The number of ether oxygens (including phenoxy) is 2. The quantitative estimate of drug-likeness (QED) is 0.839. The second-order valence-corrected chi connectivity index (χ2v) is 6.92. The third-order valence-electron chi connectivity index (χ3n) is 3.29. The highest BCUT2D eigenvalue weighted by Gasteiger charge is 2.17. The molecule has 4 nitrogen and oxygen atoms in total. The molecule has 3 rings (SSSR count). The molecule has 1 aliphatic heterocycles. The normalized spacial score (nSPS) is 14.2. The minimum atomic E-state index is -0.248. The zero-order valence-corrected chi connectivity index (χ0v) is 14.1. The molecule has 0 saturated carbocycles. The molecule has 1 unspecified atom stereocenters. The molecule has 1 N–H and O–H groups in total. The highest BCUT2D eigenvalue weighted by Crippen LogP contribution is 2.33. The van der Waals surface area contributed by atoms with Crippen LogP contribution in [0.3, 0.4) is 0 Å². The molecule has 0 radical (unpaired) electrons. The summed E-state index contributed by atoms with van der Waals surface area (Å²) in [6.45, 7) is 2.93. The molecule has 6 heteroatoms. The van der Waals surface area contributed by atoms with Crippen LogP contribution in [0.2, 0.25) is 5.02 Å². The predicted molar refractivity (Wildman–Crippen MR) is 92.8 cm³/mol. The van der Waals surface area contributed by atoms with E-state index in [0.29, 0.717) is 35.4 Å². The Morgan fingerprint density at radius 2 is 1.96 bits per heavy atom. The number of nitrogens with one attached hydrogen (secondary N) is 1. The SMILES string of the molecule is CC(Sc1cccc(Cl)c1)C(=O)Nc1ccc2c(c1)OCCO2. The van der Waals surface area contributed by atoms with Gasteiger partial charge >= 0.3 is 0 Å². The maximum absolute atomic E-state index is 12.3. The highest BCUT2D eigenvalue weighted by atomic mass is 35.5. The molecule has 23 heavy (non-hydrogen) atoms. The van der Waals surface area contributed by atoms with Crippen molar-refractivity contribution in [3.63, 3.8) is 0 Å². The molecule has 0 aliphatic carbocycles. The average Bonchev–Trinajstić information content (AvgIpc) is 2.54. The smallest absolute Gasteiger partial charge is 0.237 e. The largest absolute Gasteiger partial charge is 0.486 e. The molecule has 2 aromatic carbocycles. The van der Waals surface area contributed by atoms with E-state index in [4.69, 9.17) is 21.1 Å². The summed E-state index contributed by atoms with van der Waals surface area (Å²) in [7, 11) is 0. The lowest BCUT2D eigenvalue weighted by molar-refractivity contribution is -0.115. The molecule has 1 atom stereocenters. The van der Waals surface area contributed by atoms with Crippen LogP contribution in [-0.2, 0) is 4.79 Å². The van der Waals surface area contributed by atoms with E-state index in [0.717, 1.165) is 4.90 Å². The van der Waals surface area contributed by atoms with Crippen molar-refractivity contribution in [2.45, 2.75) is 17.1 Å². The Morgan fingerprint density at radius 1 is 1.17 bits per heavy atom. The van der Waals surface area contributed by atoms with Gasteiger partial charge in [0.25, 0.3) is 0 Å². The summed E-state index contributed by atoms with van der Waals surface area (Å²) in [5.41, 5.74) is 0.692. The van der Waals surface area contributed by atoms with E-state index in [2.05, 4.69) is 5.32 Å². The maximum atomic E-state index is 12.3. The number of rotatable bonds is 4. The molecule has 0 aromatic heterocycles. The lowest BCUT2D eigenvalue weighted by Gasteiger charge is -2.19. The van der Waals surface area contributed by atoms with Gasteiger partial charge < -0.3 is 14.8 Å². The van der Waals surface area contributed by atoms with Crippen molar-refractivity contribution in [1.29, 1.82) is 0 Å². The third kappa shape index (κ3) is 4.12. The third-order valence-corrected chi connectivity index (χ3v) is 4.62. The molecular formula is C17H16ClNO3S. The average molecular weight is 350 g/mol. The molecule has 0 bridgehead atoms. The lowest BCUT2D eigenvalue weighted by atomic mass is 10.2. The van der Waals surface area contributed by atoms with Crippen LogP contribution in [0.1, 0.15) is 6.92 Å². The molecule has 0 saturated heterocycles. The number of benzene rings is 2. The molecule has 2 aromatic rings. The van der Waals surface area contributed by atoms with E-state index in [1.807, 2.05) is 37.3 Å². The van der Waals surface area contributed by atoms with E-state index in [9.17, 15) is 4.79 Å². The number of thioether (sulfide) groups is 1. The van der Waals surface area contributed by atoms with Crippen LogP contribution in [0, 0.1) is 0 Å². The number of hydrogen-bond donors (Lipinski definition) is 1. The Balaban J connectivity index is 1.64. The van der Waals surface area contributed by atoms with Crippen molar-refractivity contribution in [2.24, 2.45) is 0 Å². The summed E-state index contributed by atoms with van der Waals surface area (Å²) in [6, 6.07) is 12.9.